The van der Waals surface area contributed by atoms with Gasteiger partial charge in [0.1, 0.15) is 5.69 Å². The summed E-state index contributed by atoms with van der Waals surface area (Å²) in [7, 11) is 0. The Bertz CT molecular complexity index is 916. The van der Waals surface area contributed by atoms with E-state index in [1.54, 1.807) is 18.2 Å². The zero-order valence-corrected chi connectivity index (χ0v) is 13.5. The summed E-state index contributed by atoms with van der Waals surface area (Å²) in [6.45, 7) is 0. The van der Waals surface area contributed by atoms with Crippen molar-refractivity contribution in [2.75, 3.05) is 10.6 Å². The van der Waals surface area contributed by atoms with Crippen molar-refractivity contribution in [3.63, 3.8) is 0 Å². The van der Waals surface area contributed by atoms with Gasteiger partial charge in [0, 0.05) is 22.5 Å². The summed E-state index contributed by atoms with van der Waals surface area (Å²) in [6.07, 6.45) is 1.49. The number of rotatable bonds is 4. The van der Waals surface area contributed by atoms with Crippen LogP contribution in [0.1, 0.15) is 10.5 Å². The van der Waals surface area contributed by atoms with Crippen molar-refractivity contribution in [3.8, 4) is 0 Å². The first-order chi connectivity index (χ1) is 12.0. The Morgan fingerprint density at radius 3 is 2.40 bits per heavy atom. The number of carbonyl (C=O) groups is 1. The molecule has 25 heavy (non-hydrogen) atoms. The highest BCUT2D eigenvalue weighted by molar-refractivity contribution is 6.30. The van der Waals surface area contributed by atoms with Gasteiger partial charge in [0.25, 0.3) is 5.91 Å². The SMILES string of the molecule is O=C(Nc1ccc(F)c(F)c1)c1ccc(Nc2cccc(Cl)c2)cn1. The highest BCUT2D eigenvalue weighted by Gasteiger charge is 2.10. The highest BCUT2D eigenvalue weighted by atomic mass is 35.5. The third-order valence-electron chi connectivity index (χ3n) is 3.29. The van der Waals surface area contributed by atoms with Crippen LogP contribution in [0.3, 0.4) is 0 Å². The van der Waals surface area contributed by atoms with Crippen LogP contribution in [0.4, 0.5) is 25.8 Å². The van der Waals surface area contributed by atoms with E-state index in [4.69, 9.17) is 11.6 Å². The average molecular weight is 360 g/mol. The van der Waals surface area contributed by atoms with Crippen molar-refractivity contribution in [1.82, 2.24) is 4.98 Å². The van der Waals surface area contributed by atoms with E-state index in [2.05, 4.69) is 15.6 Å². The molecule has 0 radical (unpaired) electrons. The van der Waals surface area contributed by atoms with Gasteiger partial charge in [0.2, 0.25) is 0 Å². The Labute approximate surface area is 147 Å². The number of nitrogens with zero attached hydrogens (tertiary/aromatic N) is 1. The smallest absolute Gasteiger partial charge is 0.274 e. The van der Waals surface area contributed by atoms with Gasteiger partial charge in [0.05, 0.1) is 11.9 Å². The van der Waals surface area contributed by atoms with Gasteiger partial charge in [-0.15, -0.1) is 0 Å². The Kier molecular flexibility index (Phi) is 4.90. The van der Waals surface area contributed by atoms with Gasteiger partial charge < -0.3 is 10.6 Å². The van der Waals surface area contributed by atoms with E-state index in [0.29, 0.717) is 10.7 Å². The molecule has 1 heterocycles. The number of halogens is 3. The summed E-state index contributed by atoms with van der Waals surface area (Å²) in [4.78, 5) is 16.2. The molecule has 2 N–H and O–H groups in total. The average Bonchev–Trinajstić information content (AvgIpc) is 2.59. The molecule has 0 saturated carbocycles. The first-order valence-corrected chi connectivity index (χ1v) is 7.64. The van der Waals surface area contributed by atoms with Gasteiger partial charge in [-0.2, -0.15) is 0 Å². The molecule has 0 aliphatic heterocycles. The number of hydrogen-bond acceptors (Lipinski definition) is 3. The van der Waals surface area contributed by atoms with E-state index in [9.17, 15) is 13.6 Å². The molecule has 0 spiro atoms. The van der Waals surface area contributed by atoms with Gasteiger partial charge in [0.15, 0.2) is 11.6 Å². The fourth-order valence-corrected chi connectivity index (χ4v) is 2.29. The van der Waals surface area contributed by atoms with Crippen LogP contribution in [0.25, 0.3) is 0 Å². The summed E-state index contributed by atoms with van der Waals surface area (Å²) in [6, 6.07) is 13.5. The minimum Gasteiger partial charge on any atom is -0.354 e. The predicted molar refractivity (Wildman–Crippen MR) is 93.3 cm³/mol. The molecular formula is C18H12ClF2N3O. The quantitative estimate of drug-likeness (QED) is 0.688. The maximum absolute atomic E-state index is 13.2. The lowest BCUT2D eigenvalue weighted by Crippen LogP contribution is -2.13. The van der Waals surface area contributed by atoms with Gasteiger partial charge in [-0.25, -0.2) is 13.8 Å². The Balaban J connectivity index is 1.68. The lowest BCUT2D eigenvalue weighted by molar-refractivity contribution is 0.102. The lowest BCUT2D eigenvalue weighted by Gasteiger charge is -2.08. The number of anilines is 3. The van der Waals surface area contributed by atoms with Gasteiger partial charge >= 0.3 is 0 Å². The van der Waals surface area contributed by atoms with Crippen LogP contribution in [0, 0.1) is 11.6 Å². The summed E-state index contributed by atoms with van der Waals surface area (Å²) < 4.78 is 26.1. The summed E-state index contributed by atoms with van der Waals surface area (Å²) >= 11 is 5.92. The first kappa shape index (κ1) is 16.9. The standard InChI is InChI=1S/C18H12ClF2N3O/c19-11-2-1-3-12(8-11)23-14-5-7-17(22-10-14)18(25)24-13-4-6-15(20)16(21)9-13/h1-10,23H,(H,24,25). The van der Waals surface area contributed by atoms with Crippen molar-refractivity contribution in [2.45, 2.75) is 0 Å². The normalized spacial score (nSPS) is 10.4. The van der Waals surface area contributed by atoms with Crippen molar-refractivity contribution in [1.29, 1.82) is 0 Å². The van der Waals surface area contributed by atoms with E-state index in [0.717, 1.165) is 17.8 Å². The number of aromatic nitrogens is 1. The van der Waals surface area contributed by atoms with Crippen LogP contribution in [0.5, 0.6) is 0 Å². The van der Waals surface area contributed by atoms with Crippen LogP contribution in [-0.4, -0.2) is 10.9 Å². The molecule has 0 fully saturated rings. The molecule has 4 nitrogen and oxygen atoms in total. The van der Waals surface area contributed by atoms with Crippen LogP contribution in [-0.2, 0) is 0 Å². The van der Waals surface area contributed by atoms with E-state index in [1.807, 2.05) is 12.1 Å². The molecule has 0 atom stereocenters. The maximum Gasteiger partial charge on any atom is 0.274 e. The summed E-state index contributed by atoms with van der Waals surface area (Å²) in [5.74, 6) is -2.54. The molecule has 0 saturated heterocycles. The highest BCUT2D eigenvalue weighted by Crippen LogP contribution is 2.20. The van der Waals surface area contributed by atoms with Crippen molar-refractivity contribution in [3.05, 3.63) is 83.1 Å². The number of hydrogen-bond donors (Lipinski definition) is 2. The van der Waals surface area contributed by atoms with E-state index < -0.39 is 17.5 Å². The van der Waals surface area contributed by atoms with Crippen molar-refractivity contribution < 1.29 is 13.6 Å². The molecule has 126 valence electrons. The molecule has 2 aromatic carbocycles. The molecule has 3 rings (SSSR count). The monoisotopic (exact) mass is 359 g/mol. The second kappa shape index (κ2) is 7.27. The molecule has 7 heteroatoms. The van der Waals surface area contributed by atoms with E-state index in [1.165, 1.54) is 18.3 Å². The van der Waals surface area contributed by atoms with Gasteiger partial charge in [-0.05, 0) is 42.5 Å². The summed E-state index contributed by atoms with van der Waals surface area (Å²) in [5.41, 5.74) is 1.74. The minimum atomic E-state index is -1.04. The molecular weight excluding hydrogens is 348 g/mol. The third kappa shape index (κ3) is 4.30. The van der Waals surface area contributed by atoms with Gasteiger partial charge in [-0.1, -0.05) is 17.7 Å². The predicted octanol–water partition coefficient (Wildman–Crippen LogP) is 5.01. The largest absolute Gasteiger partial charge is 0.354 e. The minimum absolute atomic E-state index is 0.140. The fraction of sp³-hybridized carbons (Fsp3) is 0. The number of carbonyl (C=O) groups excluding carboxylic acids is 1. The molecule has 0 aliphatic rings. The molecule has 0 unspecified atom stereocenters. The zero-order valence-electron chi connectivity index (χ0n) is 12.8. The van der Waals surface area contributed by atoms with Crippen LogP contribution >= 0.6 is 11.6 Å². The van der Waals surface area contributed by atoms with Crippen LogP contribution in [0.2, 0.25) is 5.02 Å². The Hall–Kier alpha value is -2.99. The molecule has 0 aliphatic carbocycles. The number of nitrogens with one attached hydrogen (secondary N) is 2. The number of amides is 1. The second-order valence-electron chi connectivity index (χ2n) is 5.15. The van der Waals surface area contributed by atoms with Crippen LogP contribution < -0.4 is 10.6 Å². The van der Waals surface area contributed by atoms with Gasteiger partial charge in [-0.3, -0.25) is 4.79 Å². The fourth-order valence-electron chi connectivity index (χ4n) is 2.10. The molecule has 3 aromatic rings. The number of benzene rings is 2. The Morgan fingerprint density at radius 1 is 0.920 bits per heavy atom. The first-order valence-electron chi connectivity index (χ1n) is 7.26. The lowest BCUT2D eigenvalue weighted by atomic mass is 10.2. The molecule has 1 amide bonds. The summed E-state index contributed by atoms with van der Waals surface area (Å²) in [5, 5.41) is 6.16. The molecule has 1 aromatic heterocycles. The van der Waals surface area contributed by atoms with Crippen molar-refractivity contribution >= 4 is 34.6 Å². The third-order valence-corrected chi connectivity index (χ3v) is 3.52. The van der Waals surface area contributed by atoms with E-state index in [-0.39, 0.29) is 11.4 Å². The second-order valence-corrected chi connectivity index (χ2v) is 5.59. The number of pyridine rings is 1. The van der Waals surface area contributed by atoms with Crippen LogP contribution in [0.15, 0.2) is 60.8 Å². The topological polar surface area (TPSA) is 54.0 Å². The Morgan fingerprint density at radius 2 is 1.72 bits per heavy atom. The maximum atomic E-state index is 13.2. The van der Waals surface area contributed by atoms with Crippen molar-refractivity contribution in [2.24, 2.45) is 0 Å². The van der Waals surface area contributed by atoms with E-state index >= 15 is 0 Å². The zero-order chi connectivity index (χ0) is 17.8. The molecule has 0 bridgehead atoms.